The molecule has 0 radical (unpaired) electrons. The molecule has 0 aliphatic carbocycles. The maximum Gasteiger partial charge on any atom is 0.187 e. The Balaban J connectivity index is 2.39. The second kappa shape index (κ2) is 6.02. The maximum absolute atomic E-state index is 8.90. The first-order valence-corrected chi connectivity index (χ1v) is 6.78. The highest BCUT2D eigenvalue weighted by Gasteiger charge is 2.15. The van der Waals surface area contributed by atoms with Crippen molar-refractivity contribution in [3.8, 4) is 6.07 Å². The van der Waals surface area contributed by atoms with Crippen LogP contribution in [0.25, 0.3) is 0 Å². The van der Waals surface area contributed by atoms with E-state index >= 15 is 0 Å². The van der Waals surface area contributed by atoms with Crippen LogP contribution in [0.5, 0.6) is 0 Å². The number of hydrogen-bond donors (Lipinski definition) is 0. The summed E-state index contributed by atoms with van der Waals surface area (Å²) in [6.45, 7) is 7.92. The zero-order valence-electron chi connectivity index (χ0n) is 10.9. The van der Waals surface area contributed by atoms with Crippen LogP contribution in [0.4, 0.5) is 0 Å². The molecular weight excluding hydrogens is 230 g/mol. The van der Waals surface area contributed by atoms with Gasteiger partial charge in [-0.1, -0.05) is 11.8 Å². The van der Waals surface area contributed by atoms with Gasteiger partial charge in [0, 0.05) is 17.1 Å². The van der Waals surface area contributed by atoms with E-state index in [4.69, 9.17) is 5.26 Å². The van der Waals surface area contributed by atoms with Gasteiger partial charge in [0.1, 0.15) is 0 Å². The van der Waals surface area contributed by atoms with Crippen LogP contribution in [-0.2, 0) is 0 Å². The molecular formula is C13H19N3S. The molecule has 3 nitrogen and oxygen atoms in total. The molecule has 1 aromatic rings. The molecule has 0 spiro atoms. The molecule has 1 aromatic heterocycles. The predicted octanol–water partition coefficient (Wildman–Crippen LogP) is 3.52. The first-order valence-electron chi connectivity index (χ1n) is 5.79. The van der Waals surface area contributed by atoms with Crippen LogP contribution >= 0.6 is 11.8 Å². The maximum atomic E-state index is 8.90. The van der Waals surface area contributed by atoms with Gasteiger partial charge in [-0.25, -0.2) is 9.97 Å². The molecule has 0 unspecified atom stereocenters. The van der Waals surface area contributed by atoms with Gasteiger partial charge in [-0.2, -0.15) is 5.26 Å². The largest absolute Gasteiger partial charge is 0.228 e. The SMILES string of the molecule is Cc1cc(C)nc(SCCCC(C)(C)C#N)n1. The Hall–Kier alpha value is -1.08. The molecule has 17 heavy (non-hydrogen) atoms. The number of nitrogens with zero attached hydrogens (tertiary/aromatic N) is 3. The quantitative estimate of drug-likeness (QED) is 0.455. The topological polar surface area (TPSA) is 49.6 Å². The van der Waals surface area contributed by atoms with Crippen LogP contribution in [0.1, 0.15) is 38.1 Å². The normalized spacial score (nSPS) is 11.2. The Labute approximate surface area is 108 Å². The third-order valence-electron chi connectivity index (χ3n) is 2.44. The fourth-order valence-electron chi connectivity index (χ4n) is 1.49. The van der Waals surface area contributed by atoms with Gasteiger partial charge in [-0.3, -0.25) is 0 Å². The molecule has 0 aliphatic rings. The van der Waals surface area contributed by atoms with Crippen LogP contribution in [-0.4, -0.2) is 15.7 Å². The zero-order valence-corrected chi connectivity index (χ0v) is 11.8. The van der Waals surface area contributed by atoms with E-state index in [-0.39, 0.29) is 5.41 Å². The summed E-state index contributed by atoms with van der Waals surface area (Å²) in [5.41, 5.74) is 1.80. The molecule has 0 aliphatic heterocycles. The lowest BCUT2D eigenvalue weighted by atomic mass is 9.90. The molecule has 0 N–H and O–H groups in total. The fourth-order valence-corrected chi connectivity index (χ4v) is 2.38. The zero-order chi connectivity index (χ0) is 12.9. The van der Waals surface area contributed by atoms with Crippen molar-refractivity contribution in [3.63, 3.8) is 0 Å². The smallest absolute Gasteiger partial charge is 0.187 e. The summed E-state index contributed by atoms with van der Waals surface area (Å²) >= 11 is 1.67. The van der Waals surface area contributed by atoms with E-state index in [1.807, 2.05) is 33.8 Å². The minimum absolute atomic E-state index is 0.218. The molecule has 1 heterocycles. The van der Waals surface area contributed by atoms with Gasteiger partial charge >= 0.3 is 0 Å². The summed E-state index contributed by atoms with van der Waals surface area (Å²) in [6, 6.07) is 4.29. The average molecular weight is 249 g/mol. The minimum Gasteiger partial charge on any atom is -0.228 e. The Kier molecular flexibility index (Phi) is 4.95. The number of aromatic nitrogens is 2. The summed E-state index contributed by atoms with van der Waals surface area (Å²) in [6.07, 6.45) is 1.93. The van der Waals surface area contributed by atoms with Crippen LogP contribution < -0.4 is 0 Å². The van der Waals surface area contributed by atoms with Crippen LogP contribution in [0.2, 0.25) is 0 Å². The molecule has 0 bridgehead atoms. The monoisotopic (exact) mass is 249 g/mol. The highest BCUT2D eigenvalue weighted by Crippen LogP contribution is 2.23. The summed E-state index contributed by atoms with van der Waals surface area (Å²) < 4.78 is 0. The lowest BCUT2D eigenvalue weighted by Gasteiger charge is -2.13. The predicted molar refractivity (Wildman–Crippen MR) is 70.9 cm³/mol. The van der Waals surface area contributed by atoms with E-state index in [2.05, 4.69) is 16.0 Å². The molecule has 0 atom stereocenters. The van der Waals surface area contributed by atoms with E-state index in [9.17, 15) is 0 Å². The van der Waals surface area contributed by atoms with Crippen molar-refractivity contribution < 1.29 is 0 Å². The van der Waals surface area contributed by atoms with E-state index in [0.717, 1.165) is 35.1 Å². The van der Waals surface area contributed by atoms with E-state index in [1.54, 1.807) is 11.8 Å². The third-order valence-corrected chi connectivity index (χ3v) is 3.38. The van der Waals surface area contributed by atoms with Gasteiger partial charge in [0.25, 0.3) is 0 Å². The van der Waals surface area contributed by atoms with Gasteiger partial charge < -0.3 is 0 Å². The minimum atomic E-state index is -0.218. The number of thioether (sulfide) groups is 1. The lowest BCUT2D eigenvalue weighted by molar-refractivity contribution is 0.447. The van der Waals surface area contributed by atoms with Crippen LogP contribution in [0.15, 0.2) is 11.2 Å². The first-order chi connectivity index (χ1) is 7.93. The van der Waals surface area contributed by atoms with Gasteiger partial charge in [-0.05, 0) is 46.6 Å². The number of rotatable bonds is 5. The fraction of sp³-hybridized carbons (Fsp3) is 0.615. The molecule has 0 fully saturated rings. The summed E-state index contributed by atoms with van der Waals surface area (Å²) in [4.78, 5) is 8.75. The van der Waals surface area contributed by atoms with Gasteiger partial charge in [-0.15, -0.1) is 0 Å². The standard InChI is InChI=1S/C13H19N3S/c1-10-8-11(2)16-12(15-10)17-7-5-6-13(3,4)9-14/h8H,5-7H2,1-4H3. The Morgan fingerprint density at radius 3 is 2.41 bits per heavy atom. The van der Waals surface area contributed by atoms with Crippen molar-refractivity contribution in [2.45, 2.75) is 45.7 Å². The molecule has 0 aromatic carbocycles. The summed E-state index contributed by atoms with van der Waals surface area (Å²) in [5, 5.41) is 9.75. The number of aryl methyl sites for hydroxylation is 2. The van der Waals surface area contributed by atoms with E-state index in [0.29, 0.717) is 0 Å². The first kappa shape index (κ1) is 14.0. The lowest BCUT2D eigenvalue weighted by Crippen LogP contribution is -2.07. The number of nitriles is 1. The van der Waals surface area contributed by atoms with Crippen molar-refractivity contribution in [1.82, 2.24) is 9.97 Å². The number of hydrogen-bond acceptors (Lipinski definition) is 4. The molecule has 4 heteroatoms. The van der Waals surface area contributed by atoms with Gasteiger partial charge in [0.15, 0.2) is 5.16 Å². The average Bonchev–Trinajstić information content (AvgIpc) is 2.23. The molecule has 0 amide bonds. The Morgan fingerprint density at radius 1 is 1.29 bits per heavy atom. The van der Waals surface area contributed by atoms with E-state index < -0.39 is 0 Å². The summed E-state index contributed by atoms with van der Waals surface area (Å²) in [7, 11) is 0. The van der Waals surface area contributed by atoms with E-state index in [1.165, 1.54) is 0 Å². The highest BCUT2D eigenvalue weighted by molar-refractivity contribution is 7.99. The van der Waals surface area contributed by atoms with Gasteiger partial charge in [0.2, 0.25) is 0 Å². The highest BCUT2D eigenvalue weighted by atomic mass is 32.2. The van der Waals surface area contributed by atoms with Crippen molar-refractivity contribution in [3.05, 3.63) is 17.5 Å². The van der Waals surface area contributed by atoms with Crippen molar-refractivity contribution in [2.75, 3.05) is 5.75 Å². The van der Waals surface area contributed by atoms with Crippen molar-refractivity contribution in [2.24, 2.45) is 5.41 Å². The van der Waals surface area contributed by atoms with Crippen molar-refractivity contribution in [1.29, 1.82) is 5.26 Å². The molecule has 0 saturated heterocycles. The second-order valence-corrected chi connectivity index (χ2v) is 5.94. The van der Waals surface area contributed by atoms with Crippen LogP contribution in [0.3, 0.4) is 0 Å². The summed E-state index contributed by atoms with van der Waals surface area (Å²) in [5.74, 6) is 0.966. The van der Waals surface area contributed by atoms with Crippen molar-refractivity contribution >= 4 is 11.8 Å². The second-order valence-electron chi connectivity index (χ2n) is 4.88. The Bertz CT molecular complexity index is 401. The Morgan fingerprint density at radius 2 is 1.88 bits per heavy atom. The van der Waals surface area contributed by atoms with Crippen LogP contribution in [0, 0.1) is 30.6 Å². The molecule has 92 valence electrons. The third kappa shape index (κ3) is 5.18. The molecule has 0 saturated carbocycles. The van der Waals surface area contributed by atoms with Gasteiger partial charge in [0.05, 0.1) is 11.5 Å². The molecule has 1 rings (SSSR count).